The third-order valence-electron chi connectivity index (χ3n) is 6.76. The minimum Gasteiger partial charge on any atom is -0.366 e. The van der Waals surface area contributed by atoms with Gasteiger partial charge in [0.25, 0.3) is 0 Å². The van der Waals surface area contributed by atoms with E-state index in [1.165, 1.54) is 44.3 Å². The van der Waals surface area contributed by atoms with E-state index in [-0.39, 0.29) is 5.41 Å². The molecule has 1 aromatic carbocycles. The molecule has 4 bridgehead atoms. The highest BCUT2D eigenvalue weighted by atomic mass is 32.1. The van der Waals surface area contributed by atoms with Crippen LogP contribution in [0.4, 0.5) is 5.69 Å². The topological polar surface area (TPSA) is 34.8 Å². The van der Waals surface area contributed by atoms with Gasteiger partial charge in [-0.1, -0.05) is 18.2 Å². The Labute approximate surface area is 154 Å². The minimum atomic E-state index is 0.287. The lowest BCUT2D eigenvalue weighted by molar-refractivity contribution is -0.0109. The Morgan fingerprint density at radius 3 is 2.28 bits per heavy atom. The quantitative estimate of drug-likeness (QED) is 0.822. The van der Waals surface area contributed by atoms with Crippen LogP contribution in [0.5, 0.6) is 0 Å². The molecule has 1 N–H and O–H groups in total. The van der Waals surface area contributed by atoms with E-state index in [0.29, 0.717) is 6.67 Å². The molecular weight excluding hydrogens is 328 g/mol. The molecule has 4 nitrogen and oxygen atoms in total. The second kappa shape index (κ2) is 5.70. The van der Waals surface area contributed by atoms with Crippen molar-refractivity contribution < 1.29 is 0 Å². The molecule has 0 radical (unpaired) electrons. The molecule has 5 heteroatoms. The van der Waals surface area contributed by atoms with Gasteiger partial charge in [0, 0.05) is 18.2 Å². The molecule has 4 aliphatic carbocycles. The molecule has 0 saturated heterocycles. The lowest BCUT2D eigenvalue weighted by Crippen LogP contribution is -2.49. The van der Waals surface area contributed by atoms with Crippen molar-refractivity contribution in [2.24, 2.45) is 24.8 Å². The van der Waals surface area contributed by atoms with Gasteiger partial charge in [-0.25, -0.2) is 4.68 Å². The number of nitrogens with zero attached hydrogens (tertiary/aromatic N) is 3. The van der Waals surface area contributed by atoms with Crippen LogP contribution >= 0.6 is 12.2 Å². The highest BCUT2D eigenvalue weighted by Gasteiger charge is 2.53. The van der Waals surface area contributed by atoms with Crippen molar-refractivity contribution in [3.63, 3.8) is 0 Å². The Kier molecular flexibility index (Phi) is 3.56. The fourth-order valence-corrected chi connectivity index (χ4v) is 6.35. The Morgan fingerprint density at radius 2 is 1.68 bits per heavy atom. The molecule has 25 heavy (non-hydrogen) atoms. The molecule has 0 aliphatic heterocycles. The molecule has 0 atom stereocenters. The first kappa shape index (κ1) is 15.6. The van der Waals surface area contributed by atoms with E-state index in [1.807, 2.05) is 22.9 Å². The smallest absolute Gasteiger partial charge is 0.199 e. The lowest BCUT2D eigenvalue weighted by atomic mass is 9.49. The fraction of sp³-hybridized carbons (Fsp3) is 0.600. The SMILES string of the molecule is Cn1c(C23CC4CC(CC(C4)C2)C3)nn(CNc2ccccc2)c1=S. The maximum Gasteiger partial charge on any atom is 0.199 e. The number of anilines is 1. The van der Waals surface area contributed by atoms with Crippen LogP contribution in [0.2, 0.25) is 0 Å². The zero-order valence-electron chi connectivity index (χ0n) is 14.8. The van der Waals surface area contributed by atoms with Gasteiger partial charge >= 0.3 is 0 Å². The van der Waals surface area contributed by atoms with Crippen LogP contribution in [-0.2, 0) is 19.1 Å². The third-order valence-corrected chi connectivity index (χ3v) is 7.24. The molecule has 1 heterocycles. The van der Waals surface area contributed by atoms with E-state index < -0.39 is 0 Å². The number of rotatable bonds is 4. The molecule has 0 amide bonds. The maximum absolute atomic E-state index is 5.71. The van der Waals surface area contributed by atoms with Crippen LogP contribution in [0.25, 0.3) is 0 Å². The monoisotopic (exact) mass is 354 g/mol. The van der Waals surface area contributed by atoms with Crippen molar-refractivity contribution in [1.29, 1.82) is 0 Å². The first-order chi connectivity index (χ1) is 12.1. The van der Waals surface area contributed by atoms with E-state index in [1.54, 1.807) is 0 Å². The Morgan fingerprint density at radius 1 is 1.08 bits per heavy atom. The molecular formula is C20H26N4S. The number of benzene rings is 1. The average Bonchev–Trinajstić information content (AvgIpc) is 2.89. The van der Waals surface area contributed by atoms with E-state index in [4.69, 9.17) is 17.3 Å². The summed E-state index contributed by atoms with van der Waals surface area (Å²) < 4.78 is 4.99. The van der Waals surface area contributed by atoms with Crippen molar-refractivity contribution in [2.45, 2.75) is 50.6 Å². The summed E-state index contributed by atoms with van der Waals surface area (Å²) in [6.07, 6.45) is 8.35. The Hall–Kier alpha value is -1.62. The number of hydrogen-bond acceptors (Lipinski definition) is 3. The van der Waals surface area contributed by atoms with Crippen LogP contribution in [0.3, 0.4) is 0 Å². The summed E-state index contributed by atoms with van der Waals surface area (Å²) in [5.41, 5.74) is 1.39. The van der Waals surface area contributed by atoms with E-state index in [2.05, 4.69) is 29.1 Å². The van der Waals surface area contributed by atoms with E-state index in [9.17, 15) is 0 Å². The van der Waals surface area contributed by atoms with Crippen LogP contribution in [0, 0.1) is 22.5 Å². The summed E-state index contributed by atoms with van der Waals surface area (Å²) in [7, 11) is 2.11. The fourth-order valence-electron chi connectivity index (χ4n) is 6.16. The predicted octanol–water partition coefficient (Wildman–Crippen LogP) is 4.49. The van der Waals surface area contributed by atoms with Gasteiger partial charge in [-0.3, -0.25) is 0 Å². The van der Waals surface area contributed by atoms with Crippen molar-refractivity contribution in [2.75, 3.05) is 5.32 Å². The van der Waals surface area contributed by atoms with Gasteiger partial charge in [0.1, 0.15) is 12.5 Å². The van der Waals surface area contributed by atoms with Crippen LogP contribution in [0.1, 0.15) is 44.3 Å². The first-order valence-corrected chi connectivity index (χ1v) is 9.97. The van der Waals surface area contributed by atoms with Crippen molar-refractivity contribution >= 4 is 17.9 Å². The summed E-state index contributed by atoms with van der Waals surface area (Å²) in [6, 6.07) is 10.3. The minimum absolute atomic E-state index is 0.287. The molecule has 0 spiro atoms. The first-order valence-electron chi connectivity index (χ1n) is 9.56. The lowest BCUT2D eigenvalue weighted by Gasteiger charge is -2.56. The molecule has 132 valence electrons. The summed E-state index contributed by atoms with van der Waals surface area (Å²) in [6.45, 7) is 0.628. The van der Waals surface area contributed by atoms with Gasteiger partial charge in [0.05, 0.1) is 0 Å². The maximum atomic E-state index is 5.71. The molecule has 4 saturated carbocycles. The van der Waals surface area contributed by atoms with Gasteiger partial charge in [0.15, 0.2) is 4.77 Å². The molecule has 4 aliphatic rings. The van der Waals surface area contributed by atoms with Crippen LogP contribution < -0.4 is 5.32 Å². The normalized spacial score (nSPS) is 32.9. The zero-order valence-corrected chi connectivity index (χ0v) is 15.6. The van der Waals surface area contributed by atoms with Gasteiger partial charge in [-0.2, -0.15) is 5.10 Å². The second-order valence-corrected chi connectivity index (χ2v) is 8.93. The predicted molar refractivity (Wildman–Crippen MR) is 102 cm³/mol. The summed E-state index contributed by atoms with van der Waals surface area (Å²) in [4.78, 5) is 0. The Bertz CT molecular complexity index is 800. The van der Waals surface area contributed by atoms with Gasteiger partial charge < -0.3 is 9.88 Å². The molecule has 2 aromatic rings. The number of nitrogens with one attached hydrogen (secondary N) is 1. The highest BCUT2D eigenvalue weighted by molar-refractivity contribution is 7.71. The van der Waals surface area contributed by atoms with Gasteiger partial charge in [-0.15, -0.1) is 0 Å². The summed E-state index contributed by atoms with van der Waals surface area (Å²) in [5, 5.41) is 8.46. The molecule has 6 rings (SSSR count). The van der Waals surface area contributed by atoms with Crippen molar-refractivity contribution in [1.82, 2.24) is 14.3 Å². The number of para-hydroxylation sites is 1. The molecule has 1 aromatic heterocycles. The summed E-state index contributed by atoms with van der Waals surface area (Å²) >= 11 is 5.71. The molecule has 0 unspecified atom stereocenters. The zero-order chi connectivity index (χ0) is 17.0. The average molecular weight is 355 g/mol. The molecule has 4 fully saturated rings. The number of aromatic nitrogens is 3. The van der Waals surface area contributed by atoms with Crippen molar-refractivity contribution in [3.8, 4) is 0 Å². The standard InChI is InChI=1S/C20H26N4S/c1-23-18(20-10-14-7-15(11-20)9-16(8-14)12-20)22-24(19(23)25)13-21-17-5-3-2-4-6-17/h2-6,14-16,21H,7-13H2,1H3. The van der Waals surface area contributed by atoms with E-state index >= 15 is 0 Å². The van der Waals surface area contributed by atoms with Gasteiger partial charge in [0.2, 0.25) is 0 Å². The van der Waals surface area contributed by atoms with Gasteiger partial charge in [-0.05, 0) is 80.6 Å². The van der Waals surface area contributed by atoms with Crippen LogP contribution in [0.15, 0.2) is 30.3 Å². The summed E-state index contributed by atoms with van der Waals surface area (Å²) in [5.74, 6) is 4.01. The number of hydrogen-bond donors (Lipinski definition) is 1. The second-order valence-electron chi connectivity index (χ2n) is 8.56. The largest absolute Gasteiger partial charge is 0.366 e. The van der Waals surface area contributed by atoms with E-state index in [0.717, 1.165) is 28.2 Å². The third kappa shape index (κ3) is 2.55. The van der Waals surface area contributed by atoms with Crippen molar-refractivity contribution in [3.05, 3.63) is 40.9 Å². The van der Waals surface area contributed by atoms with Crippen LogP contribution in [-0.4, -0.2) is 14.3 Å². The highest BCUT2D eigenvalue weighted by Crippen LogP contribution is 2.60. The Balaban J connectivity index is 1.44.